The van der Waals surface area contributed by atoms with Gasteiger partial charge in [0.25, 0.3) is 0 Å². The van der Waals surface area contributed by atoms with Gasteiger partial charge >= 0.3 is 0 Å². The summed E-state index contributed by atoms with van der Waals surface area (Å²) in [6.45, 7) is 0.768. The van der Waals surface area contributed by atoms with Gasteiger partial charge in [0.05, 0.1) is 12.1 Å². The number of carbonyl (C=O) groups is 2. The highest BCUT2D eigenvalue weighted by Crippen LogP contribution is 2.22. The zero-order valence-corrected chi connectivity index (χ0v) is 16.6. The maximum absolute atomic E-state index is 12.5. The molecule has 5 nitrogen and oxygen atoms in total. The molecule has 5 heteroatoms. The van der Waals surface area contributed by atoms with Crippen molar-refractivity contribution in [2.75, 3.05) is 16.8 Å². The van der Waals surface area contributed by atoms with Gasteiger partial charge in [-0.25, -0.2) is 0 Å². The summed E-state index contributed by atoms with van der Waals surface area (Å²) >= 11 is 0. The predicted molar refractivity (Wildman–Crippen MR) is 120 cm³/mol. The summed E-state index contributed by atoms with van der Waals surface area (Å²) in [7, 11) is 0. The second-order valence-electron chi connectivity index (χ2n) is 7.25. The first-order valence-electron chi connectivity index (χ1n) is 10.1. The number of nitrogens with zero attached hydrogens (tertiary/aromatic N) is 2. The number of benzene rings is 2. The third-order valence-corrected chi connectivity index (χ3v) is 4.99. The molecule has 0 aliphatic carbocycles. The number of pyridine rings is 1. The van der Waals surface area contributed by atoms with Crippen LogP contribution < -0.4 is 10.2 Å². The Morgan fingerprint density at radius 3 is 2.63 bits per heavy atom. The van der Waals surface area contributed by atoms with E-state index < -0.39 is 0 Å². The molecule has 0 spiro atoms. The van der Waals surface area contributed by atoms with Crippen LogP contribution in [0.4, 0.5) is 11.4 Å². The van der Waals surface area contributed by atoms with Crippen LogP contribution in [0.3, 0.4) is 0 Å². The summed E-state index contributed by atoms with van der Waals surface area (Å²) < 4.78 is 0. The van der Waals surface area contributed by atoms with Crippen LogP contribution in [0.25, 0.3) is 12.2 Å². The van der Waals surface area contributed by atoms with Gasteiger partial charge in [-0.2, -0.15) is 0 Å². The lowest BCUT2D eigenvalue weighted by molar-refractivity contribution is -0.117. The van der Waals surface area contributed by atoms with Gasteiger partial charge in [-0.05, 0) is 60.0 Å². The van der Waals surface area contributed by atoms with Crippen LogP contribution in [-0.4, -0.2) is 23.3 Å². The van der Waals surface area contributed by atoms with Crippen molar-refractivity contribution in [2.24, 2.45) is 0 Å². The molecule has 0 bridgehead atoms. The second-order valence-corrected chi connectivity index (χ2v) is 7.25. The third-order valence-electron chi connectivity index (χ3n) is 4.99. The molecule has 2 amide bonds. The van der Waals surface area contributed by atoms with E-state index in [1.807, 2.05) is 78.9 Å². The number of nitrogens with one attached hydrogen (secondary N) is 1. The summed E-state index contributed by atoms with van der Waals surface area (Å²) in [6, 6.07) is 21.1. The van der Waals surface area contributed by atoms with Crippen LogP contribution in [0.5, 0.6) is 0 Å². The molecule has 3 aromatic rings. The summed E-state index contributed by atoms with van der Waals surface area (Å²) in [5, 5.41) is 2.95. The Morgan fingerprint density at radius 1 is 1.03 bits per heavy atom. The number of anilines is 2. The molecule has 1 N–H and O–H groups in total. The molecule has 2 aromatic carbocycles. The van der Waals surface area contributed by atoms with Crippen molar-refractivity contribution in [3.8, 4) is 0 Å². The van der Waals surface area contributed by atoms with E-state index in [-0.39, 0.29) is 18.2 Å². The minimum absolute atomic E-state index is 0.0779. The van der Waals surface area contributed by atoms with Gasteiger partial charge in [0.2, 0.25) is 11.8 Å². The van der Waals surface area contributed by atoms with Crippen molar-refractivity contribution >= 4 is 35.3 Å². The van der Waals surface area contributed by atoms with Crippen molar-refractivity contribution in [3.05, 3.63) is 89.7 Å². The Labute approximate surface area is 176 Å². The Bertz CT molecular complexity index is 1060. The topological polar surface area (TPSA) is 62.3 Å². The van der Waals surface area contributed by atoms with Crippen LogP contribution in [0.2, 0.25) is 0 Å². The molecule has 4 rings (SSSR count). The first-order valence-corrected chi connectivity index (χ1v) is 10.1. The average molecular weight is 397 g/mol. The summed E-state index contributed by atoms with van der Waals surface area (Å²) in [5.74, 6) is 0.0864. The van der Waals surface area contributed by atoms with Gasteiger partial charge in [0.1, 0.15) is 0 Å². The van der Waals surface area contributed by atoms with Crippen LogP contribution in [0.15, 0.2) is 72.9 Å². The average Bonchev–Trinajstić information content (AvgIpc) is 3.20. The highest BCUT2D eigenvalue weighted by molar-refractivity contribution is 5.95. The minimum atomic E-state index is -0.0779. The molecule has 150 valence electrons. The highest BCUT2D eigenvalue weighted by Gasteiger charge is 2.21. The summed E-state index contributed by atoms with van der Waals surface area (Å²) in [6.07, 6.45) is 7.46. The van der Waals surface area contributed by atoms with E-state index in [9.17, 15) is 9.59 Å². The summed E-state index contributed by atoms with van der Waals surface area (Å²) in [4.78, 5) is 30.4. The van der Waals surface area contributed by atoms with Gasteiger partial charge < -0.3 is 10.2 Å². The third kappa shape index (κ3) is 5.00. The number of aromatic nitrogens is 1. The monoisotopic (exact) mass is 397 g/mol. The predicted octanol–water partition coefficient (Wildman–Crippen LogP) is 4.56. The van der Waals surface area contributed by atoms with Crippen LogP contribution >= 0.6 is 0 Å². The van der Waals surface area contributed by atoms with E-state index in [1.165, 1.54) is 0 Å². The molecule has 0 radical (unpaired) electrons. The fourth-order valence-corrected chi connectivity index (χ4v) is 3.48. The molecule has 1 aliphatic rings. The number of hydrogen-bond acceptors (Lipinski definition) is 3. The zero-order chi connectivity index (χ0) is 20.8. The lowest BCUT2D eigenvalue weighted by Gasteiger charge is -2.15. The maximum Gasteiger partial charge on any atom is 0.228 e. The fraction of sp³-hybridized carbons (Fsp3) is 0.160. The Balaban J connectivity index is 1.36. The molecule has 1 saturated heterocycles. The number of rotatable bonds is 6. The van der Waals surface area contributed by atoms with Gasteiger partial charge in [-0.3, -0.25) is 14.6 Å². The smallest absolute Gasteiger partial charge is 0.228 e. The quantitative estimate of drug-likeness (QED) is 0.663. The fourth-order valence-electron chi connectivity index (χ4n) is 3.48. The van der Waals surface area contributed by atoms with Gasteiger partial charge in [-0.15, -0.1) is 0 Å². The maximum atomic E-state index is 12.5. The molecule has 0 atom stereocenters. The largest absolute Gasteiger partial charge is 0.326 e. The minimum Gasteiger partial charge on any atom is -0.326 e. The van der Waals surface area contributed by atoms with Crippen LogP contribution in [0, 0.1) is 0 Å². The van der Waals surface area contributed by atoms with E-state index in [0.717, 1.165) is 41.2 Å². The molecule has 0 unspecified atom stereocenters. The van der Waals surface area contributed by atoms with E-state index in [0.29, 0.717) is 6.42 Å². The van der Waals surface area contributed by atoms with E-state index in [1.54, 1.807) is 11.1 Å². The Morgan fingerprint density at radius 2 is 1.90 bits per heavy atom. The van der Waals surface area contributed by atoms with E-state index in [4.69, 9.17) is 0 Å². The summed E-state index contributed by atoms with van der Waals surface area (Å²) in [5.41, 5.74) is 4.43. The SMILES string of the molecule is O=C(Cc1ccc(N2CCCC2=O)cc1)Nc1cccc(C=Cc2ccccn2)c1. The highest BCUT2D eigenvalue weighted by atomic mass is 16.2. The lowest BCUT2D eigenvalue weighted by Crippen LogP contribution is -2.23. The molecule has 2 heterocycles. The first kappa shape index (κ1) is 19.6. The van der Waals surface area contributed by atoms with Crippen molar-refractivity contribution in [2.45, 2.75) is 19.3 Å². The van der Waals surface area contributed by atoms with Crippen LogP contribution in [-0.2, 0) is 16.0 Å². The molecular formula is C25H23N3O2. The zero-order valence-electron chi connectivity index (χ0n) is 16.6. The van der Waals surface area contributed by atoms with Gasteiger partial charge in [-0.1, -0.05) is 36.4 Å². The van der Waals surface area contributed by atoms with Crippen molar-refractivity contribution < 1.29 is 9.59 Å². The Hall–Kier alpha value is -3.73. The van der Waals surface area contributed by atoms with Gasteiger partial charge in [0.15, 0.2) is 0 Å². The standard InChI is InChI=1S/C25H23N3O2/c29-24(18-20-10-13-23(14-11-20)28-16-4-8-25(28)30)27-22-7-3-5-19(17-22)9-12-21-6-1-2-15-26-21/h1-3,5-7,9-15,17H,4,8,16,18H2,(H,27,29). The van der Waals surface area contributed by atoms with E-state index in [2.05, 4.69) is 10.3 Å². The molecule has 0 saturated carbocycles. The van der Waals surface area contributed by atoms with Crippen molar-refractivity contribution in [1.29, 1.82) is 0 Å². The van der Waals surface area contributed by atoms with Crippen molar-refractivity contribution in [1.82, 2.24) is 4.98 Å². The second kappa shape index (κ2) is 9.18. The molecule has 1 fully saturated rings. The Kier molecular flexibility index (Phi) is 5.99. The first-order chi connectivity index (χ1) is 14.7. The molecule has 1 aromatic heterocycles. The number of hydrogen-bond donors (Lipinski definition) is 1. The molecular weight excluding hydrogens is 374 g/mol. The van der Waals surface area contributed by atoms with Crippen molar-refractivity contribution in [3.63, 3.8) is 0 Å². The number of amides is 2. The normalized spacial score (nSPS) is 13.7. The number of carbonyl (C=O) groups excluding carboxylic acids is 2. The molecule has 30 heavy (non-hydrogen) atoms. The van der Waals surface area contributed by atoms with E-state index >= 15 is 0 Å². The van der Waals surface area contributed by atoms with Crippen LogP contribution in [0.1, 0.15) is 29.7 Å². The van der Waals surface area contributed by atoms with Gasteiger partial charge in [0, 0.05) is 30.5 Å². The molecule has 1 aliphatic heterocycles. The lowest BCUT2D eigenvalue weighted by atomic mass is 10.1.